The topological polar surface area (TPSA) is 59.2 Å². The molecule has 2 aromatic heterocycles. The SMILES string of the molecule is Cc1noc(C2CCCN(C(=O)CCc3ccsc3)C2)n1. The number of nitrogens with zero attached hydrogens (tertiary/aromatic N) is 3. The second-order valence-corrected chi connectivity index (χ2v) is 6.27. The Kier molecular flexibility index (Phi) is 4.34. The van der Waals surface area contributed by atoms with Crippen LogP contribution in [0.15, 0.2) is 21.3 Å². The molecular weight excluding hydrogens is 286 g/mol. The Morgan fingerprint density at radius 2 is 2.48 bits per heavy atom. The first-order valence-electron chi connectivity index (χ1n) is 7.31. The van der Waals surface area contributed by atoms with Gasteiger partial charge in [-0.25, -0.2) is 0 Å². The average molecular weight is 305 g/mol. The van der Waals surface area contributed by atoms with Crippen molar-refractivity contribution in [3.8, 4) is 0 Å². The number of hydrogen-bond acceptors (Lipinski definition) is 5. The van der Waals surface area contributed by atoms with Gasteiger partial charge in [0.15, 0.2) is 5.82 Å². The third-order valence-electron chi connectivity index (χ3n) is 3.87. The quantitative estimate of drug-likeness (QED) is 0.871. The molecule has 0 radical (unpaired) electrons. The lowest BCUT2D eigenvalue weighted by Crippen LogP contribution is -2.39. The van der Waals surface area contributed by atoms with E-state index < -0.39 is 0 Å². The highest BCUT2D eigenvalue weighted by Crippen LogP contribution is 2.26. The van der Waals surface area contributed by atoms with E-state index in [2.05, 4.69) is 27.0 Å². The molecule has 1 aliphatic heterocycles. The molecule has 21 heavy (non-hydrogen) atoms. The molecule has 0 aliphatic carbocycles. The molecule has 0 saturated carbocycles. The summed E-state index contributed by atoms with van der Waals surface area (Å²) in [5.74, 6) is 1.74. The van der Waals surface area contributed by atoms with Crippen molar-refractivity contribution < 1.29 is 9.32 Å². The van der Waals surface area contributed by atoms with E-state index in [9.17, 15) is 4.79 Å². The van der Waals surface area contributed by atoms with Crippen LogP contribution < -0.4 is 0 Å². The molecule has 2 aromatic rings. The minimum absolute atomic E-state index is 0.185. The summed E-state index contributed by atoms with van der Waals surface area (Å²) in [5, 5.41) is 8.00. The summed E-state index contributed by atoms with van der Waals surface area (Å²) in [7, 11) is 0. The van der Waals surface area contributed by atoms with Crippen LogP contribution in [0.1, 0.15) is 42.5 Å². The van der Waals surface area contributed by atoms with E-state index in [0.29, 0.717) is 24.7 Å². The summed E-state index contributed by atoms with van der Waals surface area (Å²) < 4.78 is 5.25. The van der Waals surface area contributed by atoms with Crippen LogP contribution in [-0.4, -0.2) is 34.0 Å². The zero-order valence-corrected chi connectivity index (χ0v) is 12.9. The van der Waals surface area contributed by atoms with Gasteiger partial charge in [0.25, 0.3) is 0 Å². The maximum Gasteiger partial charge on any atom is 0.231 e. The number of likely N-dealkylation sites (tertiary alicyclic amines) is 1. The van der Waals surface area contributed by atoms with Gasteiger partial charge in [0.05, 0.1) is 5.92 Å². The second kappa shape index (κ2) is 6.39. The average Bonchev–Trinajstić information content (AvgIpc) is 3.16. The van der Waals surface area contributed by atoms with Gasteiger partial charge in [-0.05, 0) is 48.6 Å². The molecule has 1 saturated heterocycles. The van der Waals surface area contributed by atoms with Gasteiger partial charge in [-0.3, -0.25) is 4.79 Å². The Hall–Kier alpha value is -1.69. The van der Waals surface area contributed by atoms with Crippen LogP contribution in [0.4, 0.5) is 0 Å². The van der Waals surface area contributed by atoms with E-state index in [1.165, 1.54) is 5.56 Å². The lowest BCUT2D eigenvalue weighted by atomic mass is 9.97. The summed E-state index contributed by atoms with van der Waals surface area (Å²) in [5.41, 5.74) is 1.24. The van der Waals surface area contributed by atoms with Crippen molar-refractivity contribution in [1.82, 2.24) is 15.0 Å². The maximum absolute atomic E-state index is 12.3. The summed E-state index contributed by atoms with van der Waals surface area (Å²) in [4.78, 5) is 18.6. The third kappa shape index (κ3) is 3.50. The normalized spacial score (nSPS) is 18.9. The molecule has 0 bridgehead atoms. The van der Waals surface area contributed by atoms with Gasteiger partial charge in [0.2, 0.25) is 11.8 Å². The Bertz CT molecular complexity index is 594. The van der Waals surface area contributed by atoms with Gasteiger partial charge in [-0.1, -0.05) is 5.16 Å². The Balaban J connectivity index is 1.56. The van der Waals surface area contributed by atoms with Crippen LogP contribution in [0.5, 0.6) is 0 Å². The lowest BCUT2D eigenvalue weighted by molar-refractivity contribution is -0.132. The monoisotopic (exact) mass is 305 g/mol. The van der Waals surface area contributed by atoms with Crippen molar-refractivity contribution in [2.75, 3.05) is 13.1 Å². The molecule has 1 aliphatic rings. The van der Waals surface area contributed by atoms with Gasteiger partial charge in [0.1, 0.15) is 0 Å². The van der Waals surface area contributed by atoms with E-state index in [4.69, 9.17) is 4.52 Å². The molecule has 1 unspecified atom stereocenters. The van der Waals surface area contributed by atoms with Crippen LogP contribution >= 0.6 is 11.3 Å². The molecule has 5 nitrogen and oxygen atoms in total. The molecule has 1 fully saturated rings. The van der Waals surface area contributed by atoms with Crippen molar-refractivity contribution >= 4 is 17.2 Å². The third-order valence-corrected chi connectivity index (χ3v) is 4.61. The van der Waals surface area contributed by atoms with Crippen LogP contribution in [0.2, 0.25) is 0 Å². The first-order valence-corrected chi connectivity index (χ1v) is 8.25. The molecule has 0 aromatic carbocycles. The van der Waals surface area contributed by atoms with Crippen molar-refractivity contribution in [3.05, 3.63) is 34.1 Å². The molecule has 3 heterocycles. The largest absolute Gasteiger partial charge is 0.342 e. The highest BCUT2D eigenvalue weighted by molar-refractivity contribution is 7.07. The number of piperidine rings is 1. The minimum Gasteiger partial charge on any atom is -0.342 e. The number of rotatable bonds is 4. The fraction of sp³-hybridized carbons (Fsp3) is 0.533. The molecule has 3 rings (SSSR count). The van der Waals surface area contributed by atoms with E-state index in [1.807, 2.05) is 11.8 Å². The highest BCUT2D eigenvalue weighted by Gasteiger charge is 2.27. The number of carbonyl (C=O) groups is 1. The van der Waals surface area contributed by atoms with Gasteiger partial charge < -0.3 is 9.42 Å². The number of aryl methyl sites for hydroxylation is 2. The van der Waals surface area contributed by atoms with E-state index >= 15 is 0 Å². The Labute approximate surface area is 128 Å². The number of carbonyl (C=O) groups excluding carboxylic acids is 1. The van der Waals surface area contributed by atoms with Crippen LogP contribution in [0.25, 0.3) is 0 Å². The second-order valence-electron chi connectivity index (χ2n) is 5.49. The van der Waals surface area contributed by atoms with E-state index in [0.717, 1.165) is 25.8 Å². The van der Waals surface area contributed by atoms with Gasteiger partial charge in [-0.15, -0.1) is 0 Å². The molecule has 1 amide bonds. The number of amides is 1. The predicted molar refractivity (Wildman–Crippen MR) is 80.2 cm³/mol. The number of hydrogen-bond donors (Lipinski definition) is 0. The summed E-state index contributed by atoms with van der Waals surface area (Å²) in [6, 6.07) is 2.08. The Morgan fingerprint density at radius 1 is 1.57 bits per heavy atom. The summed E-state index contributed by atoms with van der Waals surface area (Å²) in [6.45, 7) is 3.36. The van der Waals surface area contributed by atoms with Crippen LogP contribution in [0.3, 0.4) is 0 Å². The molecule has 0 spiro atoms. The predicted octanol–water partition coefficient (Wildman–Crippen LogP) is 2.78. The highest BCUT2D eigenvalue weighted by atomic mass is 32.1. The van der Waals surface area contributed by atoms with Crippen molar-refractivity contribution in [2.45, 2.75) is 38.5 Å². The van der Waals surface area contributed by atoms with Gasteiger partial charge in [-0.2, -0.15) is 16.3 Å². The zero-order chi connectivity index (χ0) is 14.7. The molecule has 6 heteroatoms. The number of aromatic nitrogens is 2. The fourth-order valence-electron chi connectivity index (χ4n) is 2.73. The van der Waals surface area contributed by atoms with E-state index in [1.54, 1.807) is 11.3 Å². The summed E-state index contributed by atoms with van der Waals surface area (Å²) >= 11 is 1.67. The standard InChI is InChI=1S/C15H19N3O2S/c1-11-16-15(20-17-11)13-3-2-7-18(9-13)14(19)5-4-12-6-8-21-10-12/h6,8,10,13H,2-5,7,9H2,1H3. The van der Waals surface area contributed by atoms with Crippen molar-refractivity contribution in [2.24, 2.45) is 0 Å². The minimum atomic E-state index is 0.185. The van der Waals surface area contributed by atoms with Crippen LogP contribution in [0, 0.1) is 6.92 Å². The summed E-state index contributed by atoms with van der Waals surface area (Å²) in [6.07, 6.45) is 3.40. The Morgan fingerprint density at radius 3 is 3.19 bits per heavy atom. The van der Waals surface area contributed by atoms with Crippen LogP contribution in [-0.2, 0) is 11.2 Å². The smallest absolute Gasteiger partial charge is 0.231 e. The maximum atomic E-state index is 12.3. The first kappa shape index (κ1) is 14.3. The fourth-order valence-corrected chi connectivity index (χ4v) is 3.43. The molecule has 112 valence electrons. The molecule has 1 atom stereocenters. The van der Waals surface area contributed by atoms with E-state index in [-0.39, 0.29) is 11.8 Å². The first-order chi connectivity index (χ1) is 10.2. The molecular formula is C15H19N3O2S. The lowest BCUT2D eigenvalue weighted by Gasteiger charge is -2.31. The number of thiophene rings is 1. The van der Waals surface area contributed by atoms with Crippen molar-refractivity contribution in [1.29, 1.82) is 0 Å². The molecule has 0 N–H and O–H groups in total. The van der Waals surface area contributed by atoms with Crippen molar-refractivity contribution in [3.63, 3.8) is 0 Å². The zero-order valence-electron chi connectivity index (χ0n) is 12.1. The van der Waals surface area contributed by atoms with Gasteiger partial charge in [0, 0.05) is 19.5 Å². The van der Waals surface area contributed by atoms with Gasteiger partial charge >= 0.3 is 0 Å².